The molecule has 0 aliphatic carbocycles. The Morgan fingerprint density at radius 1 is 1.06 bits per heavy atom. The molecule has 18 heavy (non-hydrogen) atoms. The highest BCUT2D eigenvalue weighted by Gasteiger charge is 2.09. The number of rotatable bonds is 8. The Hall–Kier alpha value is -1.46. The van der Waals surface area contributed by atoms with Gasteiger partial charge >= 0.3 is 0 Å². The third-order valence-corrected chi connectivity index (χ3v) is 2.71. The molecule has 0 aliphatic heterocycles. The van der Waals surface area contributed by atoms with Crippen LogP contribution in [-0.4, -0.2) is 47.6 Å². The molecule has 0 aliphatic rings. The highest BCUT2D eigenvalue weighted by atomic mass is 16.5. The number of hydrogen-bond acceptors (Lipinski definition) is 5. The zero-order valence-corrected chi connectivity index (χ0v) is 11.3. The predicted molar refractivity (Wildman–Crippen MR) is 73.4 cm³/mol. The first kappa shape index (κ1) is 14.6. The minimum absolute atomic E-state index is 0.639. The Morgan fingerprint density at radius 3 is 2.17 bits per heavy atom. The van der Waals surface area contributed by atoms with E-state index in [1.54, 1.807) is 21.3 Å². The van der Waals surface area contributed by atoms with Crippen molar-refractivity contribution in [3.63, 3.8) is 0 Å². The number of hydrogen-bond donors (Lipinski definition) is 1. The van der Waals surface area contributed by atoms with Crippen LogP contribution in [0, 0.1) is 0 Å². The molecule has 0 saturated carbocycles. The van der Waals surface area contributed by atoms with Crippen LogP contribution in [0.15, 0.2) is 18.2 Å². The number of benzene rings is 1. The van der Waals surface area contributed by atoms with Crippen molar-refractivity contribution >= 4 is 11.4 Å². The molecule has 0 amide bonds. The third-order valence-electron chi connectivity index (χ3n) is 2.71. The van der Waals surface area contributed by atoms with E-state index in [-0.39, 0.29) is 0 Å². The molecule has 0 aromatic heterocycles. The maximum absolute atomic E-state index is 5.81. The molecule has 5 heteroatoms. The lowest BCUT2D eigenvalue weighted by Gasteiger charge is -2.25. The van der Waals surface area contributed by atoms with E-state index in [9.17, 15) is 0 Å². The van der Waals surface area contributed by atoms with Crippen molar-refractivity contribution < 1.29 is 14.2 Å². The highest BCUT2D eigenvalue weighted by Crippen LogP contribution is 2.27. The van der Waals surface area contributed by atoms with E-state index in [0.717, 1.165) is 18.8 Å². The Bertz CT molecular complexity index is 350. The second kappa shape index (κ2) is 7.79. The summed E-state index contributed by atoms with van der Waals surface area (Å²) in [5, 5.41) is 0. The summed E-state index contributed by atoms with van der Waals surface area (Å²) >= 11 is 0. The van der Waals surface area contributed by atoms with Crippen molar-refractivity contribution in [2.24, 2.45) is 0 Å². The van der Waals surface area contributed by atoms with Crippen LogP contribution in [0.3, 0.4) is 0 Å². The Morgan fingerprint density at radius 2 is 1.67 bits per heavy atom. The Labute approximate surface area is 108 Å². The quantitative estimate of drug-likeness (QED) is 0.710. The summed E-state index contributed by atoms with van der Waals surface area (Å²) in [5.41, 5.74) is 7.50. The van der Waals surface area contributed by atoms with E-state index < -0.39 is 0 Å². The zero-order chi connectivity index (χ0) is 13.4. The van der Waals surface area contributed by atoms with Crippen LogP contribution >= 0.6 is 0 Å². The van der Waals surface area contributed by atoms with Gasteiger partial charge in [0.1, 0.15) is 5.75 Å². The fraction of sp³-hybridized carbons (Fsp3) is 0.538. The number of nitrogen functional groups attached to an aromatic ring is 1. The van der Waals surface area contributed by atoms with Crippen LogP contribution in [0.5, 0.6) is 5.75 Å². The van der Waals surface area contributed by atoms with Crippen molar-refractivity contribution in [2.45, 2.75) is 0 Å². The van der Waals surface area contributed by atoms with Gasteiger partial charge in [-0.25, -0.2) is 0 Å². The second-order valence-corrected chi connectivity index (χ2v) is 3.90. The van der Waals surface area contributed by atoms with E-state index in [2.05, 4.69) is 4.90 Å². The predicted octanol–water partition coefficient (Wildman–Crippen LogP) is 1.38. The van der Waals surface area contributed by atoms with Gasteiger partial charge < -0.3 is 24.8 Å². The molecule has 0 saturated heterocycles. The molecule has 1 aromatic carbocycles. The molecule has 0 radical (unpaired) electrons. The Balaban J connectivity index is 2.82. The molecule has 0 fully saturated rings. The number of ether oxygens (including phenoxy) is 3. The largest absolute Gasteiger partial charge is 0.495 e. The molecule has 0 atom stereocenters. The molecular formula is C13H22N2O3. The van der Waals surface area contributed by atoms with Crippen molar-refractivity contribution in [2.75, 3.05) is 58.3 Å². The molecule has 0 spiro atoms. The molecule has 1 aromatic rings. The molecule has 0 heterocycles. The fourth-order valence-electron chi connectivity index (χ4n) is 1.67. The maximum Gasteiger partial charge on any atom is 0.143 e. The van der Waals surface area contributed by atoms with Gasteiger partial charge in [-0.1, -0.05) is 0 Å². The highest BCUT2D eigenvalue weighted by molar-refractivity contribution is 5.62. The van der Waals surface area contributed by atoms with Crippen LogP contribution < -0.4 is 15.4 Å². The SMILES string of the molecule is COCCN(CCOC)c1ccc(N)c(OC)c1. The maximum atomic E-state index is 5.81. The lowest BCUT2D eigenvalue weighted by Crippen LogP contribution is -2.30. The first-order valence-corrected chi connectivity index (χ1v) is 5.89. The minimum Gasteiger partial charge on any atom is -0.495 e. The summed E-state index contributed by atoms with van der Waals surface area (Å²) in [6.45, 7) is 2.92. The average molecular weight is 254 g/mol. The number of methoxy groups -OCH3 is 3. The molecule has 0 unspecified atom stereocenters. The smallest absolute Gasteiger partial charge is 0.143 e. The van der Waals surface area contributed by atoms with Gasteiger partial charge in [0.2, 0.25) is 0 Å². The van der Waals surface area contributed by atoms with E-state index in [1.807, 2.05) is 18.2 Å². The van der Waals surface area contributed by atoms with Crippen LogP contribution in [0.4, 0.5) is 11.4 Å². The standard InChI is InChI=1S/C13H22N2O3/c1-16-8-6-15(7-9-17-2)11-4-5-12(14)13(10-11)18-3/h4-5,10H,6-9,14H2,1-3H3. The summed E-state index contributed by atoms with van der Waals surface area (Å²) < 4.78 is 15.5. The van der Waals surface area contributed by atoms with Gasteiger partial charge in [0.05, 0.1) is 26.0 Å². The van der Waals surface area contributed by atoms with E-state index in [4.69, 9.17) is 19.9 Å². The molecule has 5 nitrogen and oxygen atoms in total. The van der Waals surface area contributed by atoms with Gasteiger partial charge in [0, 0.05) is 39.1 Å². The van der Waals surface area contributed by atoms with E-state index in [1.165, 1.54) is 0 Å². The van der Waals surface area contributed by atoms with Gasteiger partial charge in [-0.15, -0.1) is 0 Å². The fourth-order valence-corrected chi connectivity index (χ4v) is 1.67. The third kappa shape index (κ3) is 4.09. The van der Waals surface area contributed by atoms with E-state index >= 15 is 0 Å². The summed E-state index contributed by atoms with van der Waals surface area (Å²) in [6, 6.07) is 5.75. The number of nitrogens with two attached hydrogens (primary N) is 1. The van der Waals surface area contributed by atoms with Gasteiger partial charge in [-0.05, 0) is 12.1 Å². The summed E-state index contributed by atoms with van der Waals surface area (Å²) in [6.07, 6.45) is 0. The lowest BCUT2D eigenvalue weighted by molar-refractivity contribution is 0.190. The summed E-state index contributed by atoms with van der Waals surface area (Å²) in [5.74, 6) is 0.687. The number of anilines is 2. The molecule has 2 N–H and O–H groups in total. The second-order valence-electron chi connectivity index (χ2n) is 3.90. The van der Waals surface area contributed by atoms with Crippen molar-refractivity contribution in [3.05, 3.63) is 18.2 Å². The normalized spacial score (nSPS) is 10.4. The van der Waals surface area contributed by atoms with Crippen LogP contribution in [0.25, 0.3) is 0 Å². The average Bonchev–Trinajstić information content (AvgIpc) is 2.40. The first-order chi connectivity index (χ1) is 8.72. The number of nitrogens with zero attached hydrogens (tertiary/aromatic N) is 1. The molecule has 102 valence electrons. The van der Waals surface area contributed by atoms with Crippen molar-refractivity contribution in [1.29, 1.82) is 0 Å². The summed E-state index contributed by atoms with van der Waals surface area (Å²) in [4.78, 5) is 2.18. The van der Waals surface area contributed by atoms with Gasteiger partial charge in [0.25, 0.3) is 0 Å². The molecule has 0 bridgehead atoms. The van der Waals surface area contributed by atoms with Gasteiger partial charge in [0.15, 0.2) is 0 Å². The van der Waals surface area contributed by atoms with Crippen LogP contribution in [-0.2, 0) is 9.47 Å². The van der Waals surface area contributed by atoms with Crippen molar-refractivity contribution in [1.82, 2.24) is 0 Å². The van der Waals surface area contributed by atoms with Crippen LogP contribution in [0.2, 0.25) is 0 Å². The van der Waals surface area contributed by atoms with Gasteiger partial charge in [-0.2, -0.15) is 0 Å². The van der Waals surface area contributed by atoms with Crippen LogP contribution in [0.1, 0.15) is 0 Å². The van der Waals surface area contributed by atoms with Crippen molar-refractivity contribution in [3.8, 4) is 5.75 Å². The van der Waals surface area contributed by atoms with Gasteiger partial charge in [-0.3, -0.25) is 0 Å². The Kier molecular flexibility index (Phi) is 6.32. The first-order valence-electron chi connectivity index (χ1n) is 5.89. The molecular weight excluding hydrogens is 232 g/mol. The lowest BCUT2D eigenvalue weighted by atomic mass is 10.2. The summed E-state index contributed by atoms with van der Waals surface area (Å²) in [7, 11) is 5.00. The topological polar surface area (TPSA) is 57.0 Å². The van der Waals surface area contributed by atoms with E-state index in [0.29, 0.717) is 24.7 Å². The minimum atomic E-state index is 0.639. The zero-order valence-electron chi connectivity index (χ0n) is 11.3. The monoisotopic (exact) mass is 254 g/mol. The molecule has 1 rings (SSSR count).